The maximum absolute atomic E-state index is 11.5. The largest absolute Gasteiger partial charge is 0.481 e. The molecule has 0 saturated heterocycles. The van der Waals surface area contributed by atoms with E-state index in [1.165, 1.54) is 13.8 Å². The summed E-state index contributed by atoms with van der Waals surface area (Å²) in [7, 11) is 0. The van der Waals surface area contributed by atoms with Crippen LogP contribution in [-0.2, 0) is 16.1 Å². The Labute approximate surface area is 99.0 Å². The number of nitrogens with zero attached hydrogens (tertiary/aromatic N) is 1. The number of carboxylic acids is 1. The lowest BCUT2D eigenvalue weighted by atomic mass is 9.89. The van der Waals surface area contributed by atoms with Crippen LogP contribution in [0.1, 0.15) is 31.7 Å². The normalized spacial score (nSPS) is 11.2. The molecule has 6 nitrogen and oxygen atoms in total. The average molecular weight is 240 g/mol. The second-order valence-electron chi connectivity index (χ2n) is 4.57. The van der Waals surface area contributed by atoms with E-state index in [0.29, 0.717) is 11.5 Å². The van der Waals surface area contributed by atoms with E-state index < -0.39 is 11.4 Å². The molecular weight excluding hydrogens is 224 g/mol. The average Bonchev–Trinajstić information content (AvgIpc) is 2.60. The van der Waals surface area contributed by atoms with Crippen molar-refractivity contribution in [2.45, 2.75) is 33.7 Å². The predicted molar refractivity (Wildman–Crippen MR) is 59.1 cm³/mol. The van der Waals surface area contributed by atoms with Crippen LogP contribution in [0.15, 0.2) is 10.6 Å². The van der Waals surface area contributed by atoms with Crippen molar-refractivity contribution in [1.82, 2.24) is 10.5 Å². The molecule has 0 radical (unpaired) electrons. The first-order valence-corrected chi connectivity index (χ1v) is 5.23. The zero-order valence-corrected chi connectivity index (χ0v) is 10.1. The molecule has 0 unspecified atom stereocenters. The maximum Gasteiger partial charge on any atom is 0.309 e. The van der Waals surface area contributed by atoms with Gasteiger partial charge in [-0.25, -0.2) is 0 Å². The van der Waals surface area contributed by atoms with Crippen LogP contribution in [-0.4, -0.2) is 22.1 Å². The first-order valence-electron chi connectivity index (χ1n) is 5.23. The SMILES string of the molecule is Cc1cc(CNC(=O)CC(C)(C)C(=O)O)no1. The van der Waals surface area contributed by atoms with Gasteiger partial charge in [-0.3, -0.25) is 9.59 Å². The van der Waals surface area contributed by atoms with Gasteiger partial charge >= 0.3 is 5.97 Å². The van der Waals surface area contributed by atoms with Gasteiger partial charge in [-0.1, -0.05) is 5.16 Å². The van der Waals surface area contributed by atoms with Crippen LogP contribution in [0.25, 0.3) is 0 Å². The molecule has 0 aliphatic heterocycles. The fourth-order valence-corrected chi connectivity index (χ4v) is 1.23. The molecule has 0 saturated carbocycles. The molecule has 0 fully saturated rings. The van der Waals surface area contributed by atoms with Crippen molar-refractivity contribution in [2.24, 2.45) is 5.41 Å². The number of amides is 1. The second kappa shape index (κ2) is 4.99. The van der Waals surface area contributed by atoms with Gasteiger partial charge in [-0.05, 0) is 20.8 Å². The summed E-state index contributed by atoms with van der Waals surface area (Å²) < 4.78 is 4.84. The topological polar surface area (TPSA) is 92.4 Å². The molecule has 1 aromatic rings. The van der Waals surface area contributed by atoms with Gasteiger partial charge in [-0.15, -0.1) is 0 Å². The highest BCUT2D eigenvalue weighted by Crippen LogP contribution is 2.20. The van der Waals surface area contributed by atoms with E-state index >= 15 is 0 Å². The summed E-state index contributed by atoms with van der Waals surface area (Å²) in [5, 5.41) is 15.2. The van der Waals surface area contributed by atoms with E-state index in [1.54, 1.807) is 13.0 Å². The lowest BCUT2D eigenvalue weighted by Gasteiger charge is -2.17. The zero-order valence-electron chi connectivity index (χ0n) is 10.1. The van der Waals surface area contributed by atoms with Crippen molar-refractivity contribution in [2.75, 3.05) is 0 Å². The lowest BCUT2D eigenvalue weighted by molar-refractivity contribution is -0.149. The Bertz CT molecular complexity index is 423. The quantitative estimate of drug-likeness (QED) is 0.804. The third-order valence-electron chi connectivity index (χ3n) is 2.32. The summed E-state index contributed by atoms with van der Waals surface area (Å²) in [6, 6.07) is 1.71. The Kier molecular flexibility index (Phi) is 3.88. The first-order chi connectivity index (χ1) is 7.81. The molecule has 0 aromatic carbocycles. The Morgan fingerprint density at radius 1 is 1.53 bits per heavy atom. The number of aliphatic carboxylic acids is 1. The van der Waals surface area contributed by atoms with Crippen LogP contribution in [0.2, 0.25) is 0 Å². The van der Waals surface area contributed by atoms with Gasteiger partial charge in [-0.2, -0.15) is 0 Å². The fourth-order valence-electron chi connectivity index (χ4n) is 1.23. The third-order valence-corrected chi connectivity index (χ3v) is 2.32. The number of aryl methyl sites for hydroxylation is 1. The Morgan fingerprint density at radius 3 is 2.65 bits per heavy atom. The molecule has 94 valence electrons. The van der Waals surface area contributed by atoms with Crippen LogP contribution < -0.4 is 5.32 Å². The Morgan fingerprint density at radius 2 is 2.18 bits per heavy atom. The van der Waals surface area contributed by atoms with Crippen molar-refractivity contribution >= 4 is 11.9 Å². The molecule has 0 bridgehead atoms. The van der Waals surface area contributed by atoms with E-state index in [1.807, 2.05) is 0 Å². The van der Waals surface area contributed by atoms with E-state index in [-0.39, 0.29) is 18.9 Å². The molecule has 1 heterocycles. The van der Waals surface area contributed by atoms with Gasteiger partial charge in [0.1, 0.15) is 11.5 Å². The number of carbonyl (C=O) groups excluding carboxylic acids is 1. The molecule has 0 spiro atoms. The number of carboxylic acid groups (broad SMARTS) is 1. The highest BCUT2D eigenvalue weighted by Gasteiger charge is 2.29. The van der Waals surface area contributed by atoms with Gasteiger partial charge in [0.2, 0.25) is 5.91 Å². The van der Waals surface area contributed by atoms with Crippen molar-refractivity contribution in [3.63, 3.8) is 0 Å². The van der Waals surface area contributed by atoms with Crippen LogP contribution in [0.4, 0.5) is 0 Å². The van der Waals surface area contributed by atoms with Gasteiger partial charge in [0.05, 0.1) is 12.0 Å². The van der Waals surface area contributed by atoms with Gasteiger partial charge in [0.25, 0.3) is 0 Å². The van der Waals surface area contributed by atoms with E-state index in [0.717, 1.165) is 0 Å². The number of rotatable bonds is 5. The Balaban J connectivity index is 2.43. The molecule has 0 aliphatic carbocycles. The molecule has 2 N–H and O–H groups in total. The highest BCUT2D eigenvalue weighted by atomic mass is 16.5. The summed E-state index contributed by atoms with van der Waals surface area (Å²) in [6.45, 7) is 5.02. The van der Waals surface area contributed by atoms with E-state index in [4.69, 9.17) is 9.63 Å². The number of carbonyl (C=O) groups is 2. The van der Waals surface area contributed by atoms with Crippen LogP contribution in [0.5, 0.6) is 0 Å². The van der Waals surface area contributed by atoms with Crippen LogP contribution >= 0.6 is 0 Å². The number of hydrogen-bond acceptors (Lipinski definition) is 4. The minimum atomic E-state index is -1.07. The molecule has 0 aliphatic rings. The fraction of sp³-hybridized carbons (Fsp3) is 0.545. The Hall–Kier alpha value is -1.85. The summed E-state index contributed by atoms with van der Waals surface area (Å²) >= 11 is 0. The molecule has 0 atom stereocenters. The molecule has 1 rings (SSSR count). The summed E-state index contributed by atoms with van der Waals surface area (Å²) in [6.07, 6.45) is -0.0703. The van der Waals surface area contributed by atoms with Crippen LogP contribution in [0.3, 0.4) is 0 Å². The van der Waals surface area contributed by atoms with Gasteiger partial charge in [0.15, 0.2) is 0 Å². The number of nitrogens with one attached hydrogen (secondary N) is 1. The minimum absolute atomic E-state index is 0.0703. The van der Waals surface area contributed by atoms with Crippen LogP contribution in [0, 0.1) is 12.3 Å². The molecule has 1 amide bonds. The predicted octanol–water partition coefficient (Wildman–Crippen LogP) is 1.10. The summed E-state index contributed by atoms with van der Waals surface area (Å²) in [4.78, 5) is 22.3. The van der Waals surface area contributed by atoms with Crippen molar-refractivity contribution in [1.29, 1.82) is 0 Å². The van der Waals surface area contributed by atoms with Crippen molar-refractivity contribution < 1.29 is 19.2 Å². The molecule has 1 aromatic heterocycles. The summed E-state index contributed by atoms with van der Waals surface area (Å²) in [5.74, 6) is -0.650. The number of hydrogen-bond donors (Lipinski definition) is 2. The third kappa shape index (κ3) is 3.90. The monoisotopic (exact) mass is 240 g/mol. The lowest BCUT2D eigenvalue weighted by Crippen LogP contribution is -2.33. The second-order valence-corrected chi connectivity index (χ2v) is 4.57. The smallest absolute Gasteiger partial charge is 0.309 e. The van der Waals surface area contributed by atoms with Gasteiger partial charge in [0, 0.05) is 12.5 Å². The number of aromatic nitrogens is 1. The van der Waals surface area contributed by atoms with Gasteiger partial charge < -0.3 is 14.9 Å². The minimum Gasteiger partial charge on any atom is -0.481 e. The van der Waals surface area contributed by atoms with E-state index in [2.05, 4.69) is 10.5 Å². The van der Waals surface area contributed by atoms with Crippen molar-refractivity contribution in [3.05, 3.63) is 17.5 Å². The van der Waals surface area contributed by atoms with E-state index in [9.17, 15) is 9.59 Å². The van der Waals surface area contributed by atoms with Crippen molar-refractivity contribution in [3.8, 4) is 0 Å². The standard InChI is InChI=1S/C11H16N2O4/c1-7-4-8(13-17-7)6-12-9(14)5-11(2,3)10(15)16/h4H,5-6H2,1-3H3,(H,12,14)(H,15,16). The molecular formula is C11H16N2O4. The molecule has 6 heteroatoms. The highest BCUT2D eigenvalue weighted by molar-refractivity contribution is 5.84. The summed E-state index contributed by atoms with van der Waals surface area (Å²) in [5.41, 5.74) is -0.451. The maximum atomic E-state index is 11.5. The molecule has 17 heavy (non-hydrogen) atoms. The first kappa shape index (κ1) is 13.2. The zero-order chi connectivity index (χ0) is 13.1.